The van der Waals surface area contributed by atoms with Gasteiger partial charge in [-0.05, 0) is 67.3 Å². The van der Waals surface area contributed by atoms with Gasteiger partial charge in [0.15, 0.2) is 0 Å². The molecule has 158 valence electrons. The van der Waals surface area contributed by atoms with Crippen LogP contribution in [0.25, 0.3) is 11.1 Å². The molecular formula is C31H29N. The molecule has 4 rings (SSSR count). The molecule has 3 aromatic carbocycles. The first-order valence-electron chi connectivity index (χ1n) is 11.0. The molecule has 32 heavy (non-hydrogen) atoms. The van der Waals surface area contributed by atoms with Gasteiger partial charge in [-0.25, -0.2) is 0 Å². The van der Waals surface area contributed by atoms with Crippen LogP contribution >= 0.6 is 0 Å². The quantitative estimate of drug-likeness (QED) is 0.412. The van der Waals surface area contributed by atoms with Crippen molar-refractivity contribution >= 4 is 11.4 Å². The van der Waals surface area contributed by atoms with E-state index in [9.17, 15) is 0 Å². The van der Waals surface area contributed by atoms with Crippen LogP contribution in [0.1, 0.15) is 17.5 Å². The van der Waals surface area contributed by atoms with E-state index in [0.717, 1.165) is 29.1 Å². The van der Waals surface area contributed by atoms with Crippen LogP contribution in [0.4, 0.5) is 11.4 Å². The third-order valence-electron chi connectivity index (χ3n) is 5.55. The molecule has 0 bridgehead atoms. The Morgan fingerprint density at radius 1 is 0.625 bits per heavy atom. The molecule has 1 aliphatic carbocycles. The highest BCUT2D eigenvalue weighted by atomic mass is 15.1. The molecule has 0 amide bonds. The summed E-state index contributed by atoms with van der Waals surface area (Å²) in [6.45, 7) is 8.37. The third kappa shape index (κ3) is 5.25. The first-order chi connectivity index (χ1) is 15.6. The zero-order valence-electron chi connectivity index (χ0n) is 18.8. The van der Waals surface area contributed by atoms with E-state index in [0.29, 0.717) is 0 Å². The fourth-order valence-corrected chi connectivity index (χ4v) is 3.70. The van der Waals surface area contributed by atoms with Crippen LogP contribution in [0.2, 0.25) is 0 Å². The lowest BCUT2D eigenvalue weighted by Crippen LogP contribution is -2.15. The Morgan fingerprint density at radius 2 is 1.16 bits per heavy atom. The summed E-state index contributed by atoms with van der Waals surface area (Å²) in [6, 6.07) is 26.2. The molecule has 1 heteroatoms. The van der Waals surface area contributed by atoms with Crippen molar-refractivity contribution in [3.63, 3.8) is 0 Å². The van der Waals surface area contributed by atoms with E-state index >= 15 is 0 Å². The SMILES string of the molecule is C=C1C=C/C(N(c2ccc(C)cc2)c2ccc(-c3ccc(C)cc3)cc2)=C\C/C=C\C=C/1. The lowest BCUT2D eigenvalue weighted by Gasteiger charge is -2.27. The molecule has 0 atom stereocenters. The molecule has 0 saturated carbocycles. The average Bonchev–Trinajstić information content (AvgIpc) is 2.81. The molecule has 1 aliphatic rings. The molecule has 0 aliphatic heterocycles. The van der Waals surface area contributed by atoms with Crippen molar-refractivity contribution in [2.24, 2.45) is 0 Å². The molecular weight excluding hydrogens is 386 g/mol. The van der Waals surface area contributed by atoms with Gasteiger partial charge in [-0.3, -0.25) is 0 Å². The van der Waals surface area contributed by atoms with Crippen molar-refractivity contribution in [3.05, 3.63) is 144 Å². The van der Waals surface area contributed by atoms with Crippen LogP contribution in [-0.2, 0) is 0 Å². The monoisotopic (exact) mass is 415 g/mol. The number of aryl methyl sites for hydroxylation is 2. The number of hydrogen-bond acceptors (Lipinski definition) is 1. The molecule has 0 saturated heterocycles. The van der Waals surface area contributed by atoms with E-state index in [1.807, 2.05) is 12.2 Å². The van der Waals surface area contributed by atoms with Gasteiger partial charge in [0.25, 0.3) is 0 Å². The maximum Gasteiger partial charge on any atom is 0.0461 e. The zero-order chi connectivity index (χ0) is 22.3. The number of benzene rings is 3. The Morgan fingerprint density at radius 3 is 1.78 bits per heavy atom. The molecule has 1 nitrogen and oxygen atoms in total. The Kier molecular flexibility index (Phi) is 6.67. The number of nitrogens with zero attached hydrogens (tertiary/aromatic N) is 1. The normalized spacial score (nSPS) is 17.3. The molecule has 0 heterocycles. The Labute approximate surface area is 192 Å². The predicted octanol–water partition coefficient (Wildman–Crippen LogP) is 8.62. The van der Waals surface area contributed by atoms with Crippen molar-refractivity contribution in [1.29, 1.82) is 0 Å². The Hall–Kier alpha value is -3.84. The third-order valence-corrected chi connectivity index (χ3v) is 5.55. The molecule has 0 spiro atoms. The second-order valence-corrected chi connectivity index (χ2v) is 8.14. The first kappa shape index (κ1) is 21.4. The minimum atomic E-state index is 0.861. The smallest absolute Gasteiger partial charge is 0.0461 e. The van der Waals surface area contributed by atoms with E-state index < -0.39 is 0 Å². The highest BCUT2D eigenvalue weighted by Gasteiger charge is 2.13. The van der Waals surface area contributed by atoms with Crippen molar-refractivity contribution < 1.29 is 0 Å². The summed E-state index contributed by atoms with van der Waals surface area (Å²) < 4.78 is 0. The van der Waals surface area contributed by atoms with E-state index in [2.05, 4.69) is 129 Å². The van der Waals surface area contributed by atoms with E-state index in [-0.39, 0.29) is 0 Å². The summed E-state index contributed by atoms with van der Waals surface area (Å²) in [5.74, 6) is 0. The fourth-order valence-electron chi connectivity index (χ4n) is 3.70. The highest BCUT2D eigenvalue weighted by Crippen LogP contribution is 2.33. The number of anilines is 2. The second kappa shape index (κ2) is 9.98. The van der Waals surface area contributed by atoms with Crippen LogP contribution in [0, 0.1) is 13.8 Å². The summed E-state index contributed by atoms with van der Waals surface area (Å²) in [6.07, 6.45) is 15.6. The Balaban J connectivity index is 1.75. The van der Waals surface area contributed by atoms with Gasteiger partial charge >= 0.3 is 0 Å². The summed E-state index contributed by atoms with van der Waals surface area (Å²) >= 11 is 0. The van der Waals surface area contributed by atoms with E-state index in [4.69, 9.17) is 0 Å². The van der Waals surface area contributed by atoms with Crippen molar-refractivity contribution in [1.82, 2.24) is 0 Å². The molecule has 0 unspecified atom stereocenters. The number of hydrogen-bond donors (Lipinski definition) is 0. The maximum atomic E-state index is 4.14. The van der Waals surface area contributed by atoms with Crippen LogP contribution in [0.3, 0.4) is 0 Å². The van der Waals surface area contributed by atoms with Gasteiger partial charge < -0.3 is 4.90 Å². The average molecular weight is 416 g/mol. The van der Waals surface area contributed by atoms with Crippen LogP contribution in [0.15, 0.2) is 133 Å². The predicted molar refractivity (Wildman–Crippen MR) is 139 cm³/mol. The minimum Gasteiger partial charge on any atom is -0.311 e. The molecule has 3 aromatic rings. The van der Waals surface area contributed by atoms with Gasteiger partial charge in [0, 0.05) is 17.1 Å². The summed E-state index contributed by atoms with van der Waals surface area (Å²) in [5.41, 5.74) is 9.33. The van der Waals surface area contributed by atoms with Gasteiger partial charge in [-0.2, -0.15) is 0 Å². The van der Waals surface area contributed by atoms with Crippen molar-refractivity contribution in [2.45, 2.75) is 20.3 Å². The molecule has 0 aromatic heterocycles. The summed E-state index contributed by atoms with van der Waals surface area (Å²) in [5, 5.41) is 0. The van der Waals surface area contributed by atoms with Gasteiger partial charge in [0.2, 0.25) is 0 Å². The van der Waals surface area contributed by atoms with Crippen LogP contribution < -0.4 is 4.90 Å². The van der Waals surface area contributed by atoms with Crippen LogP contribution in [0.5, 0.6) is 0 Å². The highest BCUT2D eigenvalue weighted by molar-refractivity contribution is 5.74. The van der Waals surface area contributed by atoms with Gasteiger partial charge in [-0.15, -0.1) is 0 Å². The molecule has 0 radical (unpaired) electrons. The van der Waals surface area contributed by atoms with Crippen molar-refractivity contribution in [2.75, 3.05) is 4.90 Å². The van der Waals surface area contributed by atoms with Gasteiger partial charge in [0.1, 0.15) is 0 Å². The minimum absolute atomic E-state index is 0.861. The standard InChI is InChI=1S/C31H29N/c1-24-8-6-4-5-7-9-29(19-12-24)32(30-20-13-26(3)14-21-30)31-22-17-28(18-23-31)27-15-10-25(2)11-16-27/h4-6,8-23H,1,7H2,2-3H3/b5-4-,8-6-,19-12?,29-9+. The zero-order valence-corrected chi connectivity index (χ0v) is 18.8. The lowest BCUT2D eigenvalue weighted by atomic mass is 10.0. The summed E-state index contributed by atoms with van der Waals surface area (Å²) in [7, 11) is 0. The number of allylic oxidation sites excluding steroid dienone is 8. The maximum absolute atomic E-state index is 4.14. The first-order valence-corrected chi connectivity index (χ1v) is 11.0. The van der Waals surface area contributed by atoms with E-state index in [1.54, 1.807) is 0 Å². The van der Waals surface area contributed by atoms with E-state index in [1.165, 1.54) is 22.3 Å². The number of rotatable bonds is 4. The molecule has 0 fully saturated rings. The molecule has 0 N–H and O–H groups in total. The summed E-state index contributed by atoms with van der Waals surface area (Å²) in [4.78, 5) is 2.31. The fraction of sp³-hybridized carbons (Fsp3) is 0.0968. The Bertz CT molecular complexity index is 1180. The van der Waals surface area contributed by atoms with Crippen LogP contribution in [-0.4, -0.2) is 0 Å². The van der Waals surface area contributed by atoms with Crippen molar-refractivity contribution in [3.8, 4) is 11.1 Å². The largest absolute Gasteiger partial charge is 0.311 e. The van der Waals surface area contributed by atoms with Gasteiger partial charge in [0.05, 0.1) is 0 Å². The topological polar surface area (TPSA) is 3.24 Å². The van der Waals surface area contributed by atoms with Gasteiger partial charge in [-0.1, -0.05) is 103 Å². The second-order valence-electron chi connectivity index (χ2n) is 8.14. The lowest BCUT2D eigenvalue weighted by molar-refractivity contribution is 1.17.